The second kappa shape index (κ2) is 6.56. The number of rotatable bonds is 3. The average molecular weight is 313 g/mol. The molecule has 3 nitrogen and oxygen atoms in total. The Hall–Kier alpha value is -1.11. The summed E-state index contributed by atoms with van der Waals surface area (Å²) in [5, 5.41) is 3.33. The first-order valence-electron chi connectivity index (χ1n) is 7.82. The van der Waals surface area contributed by atoms with E-state index in [1.54, 1.807) is 0 Å². The van der Waals surface area contributed by atoms with Gasteiger partial charge in [0.1, 0.15) is 0 Å². The molecule has 0 atom stereocenters. The Balaban J connectivity index is 1.62. The number of hydrogen-bond acceptors (Lipinski definition) is 3. The fraction of sp³-hybridized carbons (Fsp3) is 0.625. The van der Waals surface area contributed by atoms with E-state index in [2.05, 4.69) is 22.3 Å². The Bertz CT molecular complexity index is 510. The fourth-order valence-electron chi connectivity index (χ4n) is 3.28. The van der Waals surface area contributed by atoms with Gasteiger partial charge in [-0.25, -0.2) is 0 Å². The Morgan fingerprint density at radius 1 is 1.00 bits per heavy atom. The van der Waals surface area contributed by atoms with Crippen molar-refractivity contribution in [2.75, 3.05) is 39.3 Å². The predicted molar refractivity (Wildman–Crippen MR) is 79.6 cm³/mol. The van der Waals surface area contributed by atoms with Crippen LogP contribution in [0.4, 0.5) is 13.2 Å². The maximum atomic E-state index is 12.5. The maximum Gasteiger partial charge on any atom is 0.401 e. The highest BCUT2D eigenvalue weighted by molar-refractivity contribution is 5.34. The van der Waals surface area contributed by atoms with Crippen LogP contribution in [0.3, 0.4) is 0 Å². The summed E-state index contributed by atoms with van der Waals surface area (Å²) in [5.41, 5.74) is 3.52. The van der Waals surface area contributed by atoms with Crippen molar-refractivity contribution >= 4 is 0 Å². The standard InChI is InChI=1S/C16H22F3N3/c17-16(18,19)12-22-6-3-14-9-13(1-2-15(14)11-22)10-21-7-4-20-5-8-21/h1-2,9,20H,3-8,10-12H2. The molecule has 0 radical (unpaired) electrons. The fourth-order valence-corrected chi connectivity index (χ4v) is 3.28. The first kappa shape index (κ1) is 15.8. The Kier molecular flexibility index (Phi) is 4.70. The molecule has 0 bridgehead atoms. The van der Waals surface area contributed by atoms with Crippen LogP contribution < -0.4 is 5.32 Å². The minimum Gasteiger partial charge on any atom is -0.314 e. The number of halogens is 3. The van der Waals surface area contributed by atoms with Crippen LogP contribution in [0.1, 0.15) is 16.7 Å². The molecule has 22 heavy (non-hydrogen) atoms. The van der Waals surface area contributed by atoms with Gasteiger partial charge in [0, 0.05) is 45.8 Å². The van der Waals surface area contributed by atoms with E-state index < -0.39 is 12.7 Å². The van der Waals surface area contributed by atoms with E-state index in [4.69, 9.17) is 0 Å². The van der Waals surface area contributed by atoms with Crippen LogP contribution in [0.25, 0.3) is 0 Å². The topological polar surface area (TPSA) is 18.5 Å². The molecule has 1 N–H and O–H groups in total. The normalized spacial score (nSPS) is 20.9. The number of hydrogen-bond donors (Lipinski definition) is 1. The van der Waals surface area contributed by atoms with Crippen molar-refractivity contribution in [3.8, 4) is 0 Å². The lowest BCUT2D eigenvalue weighted by Crippen LogP contribution is -2.43. The zero-order valence-electron chi connectivity index (χ0n) is 12.6. The highest BCUT2D eigenvalue weighted by Gasteiger charge is 2.32. The average Bonchev–Trinajstić information content (AvgIpc) is 2.47. The zero-order chi connectivity index (χ0) is 15.6. The van der Waals surface area contributed by atoms with Crippen molar-refractivity contribution < 1.29 is 13.2 Å². The Labute approximate surface area is 129 Å². The minimum absolute atomic E-state index is 0.406. The van der Waals surface area contributed by atoms with Gasteiger partial charge in [0.25, 0.3) is 0 Å². The molecule has 1 saturated heterocycles. The lowest BCUT2D eigenvalue weighted by atomic mass is 9.97. The van der Waals surface area contributed by atoms with Crippen LogP contribution in [0, 0.1) is 0 Å². The molecule has 0 aromatic heterocycles. The maximum absolute atomic E-state index is 12.5. The van der Waals surface area contributed by atoms with Crippen molar-refractivity contribution in [3.05, 3.63) is 34.9 Å². The molecular weight excluding hydrogens is 291 g/mol. The molecule has 1 fully saturated rings. The third kappa shape index (κ3) is 4.21. The summed E-state index contributed by atoms with van der Waals surface area (Å²) in [6.45, 7) is 5.17. The molecule has 0 saturated carbocycles. The largest absolute Gasteiger partial charge is 0.401 e. The lowest BCUT2D eigenvalue weighted by molar-refractivity contribution is -0.147. The number of alkyl halides is 3. The molecule has 0 aliphatic carbocycles. The van der Waals surface area contributed by atoms with E-state index in [1.165, 1.54) is 16.0 Å². The lowest BCUT2D eigenvalue weighted by Gasteiger charge is -2.30. The summed E-state index contributed by atoms with van der Waals surface area (Å²) in [6.07, 6.45) is -3.40. The smallest absolute Gasteiger partial charge is 0.314 e. The van der Waals surface area contributed by atoms with Gasteiger partial charge in [-0.1, -0.05) is 18.2 Å². The van der Waals surface area contributed by atoms with E-state index >= 15 is 0 Å². The quantitative estimate of drug-likeness (QED) is 0.921. The number of benzene rings is 1. The van der Waals surface area contributed by atoms with Crippen molar-refractivity contribution in [2.45, 2.75) is 25.7 Å². The summed E-state index contributed by atoms with van der Waals surface area (Å²) < 4.78 is 37.5. The molecule has 1 aromatic rings. The van der Waals surface area contributed by atoms with Crippen LogP contribution in [0.2, 0.25) is 0 Å². The van der Waals surface area contributed by atoms with Gasteiger partial charge in [-0.05, 0) is 23.1 Å². The molecule has 2 aliphatic rings. The molecule has 0 amide bonds. The van der Waals surface area contributed by atoms with Crippen molar-refractivity contribution in [3.63, 3.8) is 0 Å². The molecule has 6 heteroatoms. The van der Waals surface area contributed by atoms with E-state index in [0.29, 0.717) is 19.5 Å². The van der Waals surface area contributed by atoms with Gasteiger partial charge in [0.15, 0.2) is 0 Å². The highest BCUT2D eigenvalue weighted by Crippen LogP contribution is 2.24. The third-order valence-corrected chi connectivity index (χ3v) is 4.38. The van der Waals surface area contributed by atoms with Gasteiger partial charge in [0.2, 0.25) is 0 Å². The van der Waals surface area contributed by atoms with E-state index in [1.807, 2.05) is 6.07 Å². The van der Waals surface area contributed by atoms with Crippen molar-refractivity contribution in [1.82, 2.24) is 15.1 Å². The van der Waals surface area contributed by atoms with Gasteiger partial charge in [-0.2, -0.15) is 13.2 Å². The molecule has 1 aromatic carbocycles. The first-order chi connectivity index (χ1) is 10.5. The van der Waals surface area contributed by atoms with Crippen molar-refractivity contribution in [1.29, 1.82) is 0 Å². The zero-order valence-corrected chi connectivity index (χ0v) is 12.6. The second-order valence-corrected chi connectivity index (χ2v) is 6.21. The first-order valence-corrected chi connectivity index (χ1v) is 7.82. The number of nitrogens with one attached hydrogen (secondary N) is 1. The third-order valence-electron chi connectivity index (χ3n) is 4.38. The predicted octanol–water partition coefficient (Wildman–Crippen LogP) is 2.01. The van der Waals surface area contributed by atoms with Gasteiger partial charge in [-0.15, -0.1) is 0 Å². The SMILES string of the molecule is FC(F)(F)CN1CCc2cc(CN3CCNCC3)ccc2C1. The molecular formula is C16H22F3N3. The summed E-state index contributed by atoms with van der Waals surface area (Å²) in [7, 11) is 0. The summed E-state index contributed by atoms with van der Waals surface area (Å²) in [5.74, 6) is 0. The molecule has 122 valence electrons. The molecule has 0 spiro atoms. The Morgan fingerprint density at radius 2 is 1.77 bits per heavy atom. The van der Waals surface area contributed by atoms with Crippen molar-refractivity contribution in [2.24, 2.45) is 0 Å². The van der Waals surface area contributed by atoms with E-state index in [-0.39, 0.29) is 0 Å². The molecule has 3 rings (SSSR count). The van der Waals surface area contributed by atoms with Crippen LogP contribution in [0.15, 0.2) is 18.2 Å². The van der Waals surface area contributed by atoms with E-state index in [0.717, 1.165) is 38.3 Å². The molecule has 2 aliphatic heterocycles. The van der Waals surface area contributed by atoms with Gasteiger partial charge in [-0.3, -0.25) is 9.80 Å². The number of nitrogens with zero attached hydrogens (tertiary/aromatic N) is 2. The minimum atomic E-state index is -4.11. The van der Waals surface area contributed by atoms with Crippen LogP contribution in [0.5, 0.6) is 0 Å². The monoisotopic (exact) mass is 313 g/mol. The van der Waals surface area contributed by atoms with E-state index in [9.17, 15) is 13.2 Å². The number of piperazine rings is 1. The van der Waals surface area contributed by atoms with Crippen LogP contribution in [-0.2, 0) is 19.5 Å². The summed E-state index contributed by atoms with van der Waals surface area (Å²) >= 11 is 0. The molecule has 2 heterocycles. The van der Waals surface area contributed by atoms with Crippen LogP contribution >= 0.6 is 0 Å². The van der Waals surface area contributed by atoms with Gasteiger partial charge >= 0.3 is 6.18 Å². The number of fused-ring (bicyclic) bond motifs is 1. The summed E-state index contributed by atoms with van der Waals surface area (Å²) in [4.78, 5) is 3.90. The van der Waals surface area contributed by atoms with Crippen LogP contribution in [-0.4, -0.2) is 55.2 Å². The van der Waals surface area contributed by atoms with Gasteiger partial charge < -0.3 is 5.32 Å². The Morgan fingerprint density at radius 3 is 2.50 bits per heavy atom. The highest BCUT2D eigenvalue weighted by atomic mass is 19.4. The molecule has 0 unspecified atom stereocenters. The second-order valence-electron chi connectivity index (χ2n) is 6.21. The summed E-state index contributed by atoms with van der Waals surface area (Å²) in [6, 6.07) is 6.26. The van der Waals surface area contributed by atoms with Gasteiger partial charge in [0.05, 0.1) is 6.54 Å².